The van der Waals surface area contributed by atoms with Crippen molar-refractivity contribution in [2.24, 2.45) is 11.8 Å². The van der Waals surface area contributed by atoms with Crippen LogP contribution in [-0.4, -0.2) is 26.1 Å². The third-order valence-corrected chi connectivity index (χ3v) is 6.27. The van der Waals surface area contributed by atoms with Crippen LogP contribution in [0.2, 0.25) is 0 Å². The molecule has 28 heavy (non-hydrogen) atoms. The van der Waals surface area contributed by atoms with Crippen molar-refractivity contribution in [3.05, 3.63) is 29.3 Å². The smallest absolute Gasteiger partial charge is 0.200 e. The van der Waals surface area contributed by atoms with E-state index in [1.165, 1.54) is 38.2 Å². The highest BCUT2D eigenvalue weighted by Crippen LogP contribution is 2.35. The number of hydrogen-bond acceptors (Lipinski definition) is 3. The molecule has 0 radical (unpaired) electrons. The van der Waals surface area contributed by atoms with Crippen molar-refractivity contribution in [1.82, 2.24) is 0 Å². The van der Waals surface area contributed by atoms with Crippen LogP contribution in [-0.2, 0) is 9.47 Å². The Labute approximate surface area is 167 Å². The lowest BCUT2D eigenvalue weighted by Gasteiger charge is -2.32. The van der Waals surface area contributed by atoms with E-state index in [-0.39, 0.29) is 18.0 Å². The SMILES string of the molecule is CCCOc1ccc(C2CCC(OCC3CCC(CC)CC3)OC2)c(F)c1F. The van der Waals surface area contributed by atoms with Gasteiger partial charge in [-0.25, -0.2) is 4.39 Å². The lowest BCUT2D eigenvalue weighted by atomic mass is 9.81. The molecule has 0 bridgehead atoms. The number of rotatable bonds is 8. The first-order valence-corrected chi connectivity index (χ1v) is 11.0. The zero-order valence-electron chi connectivity index (χ0n) is 17.2. The zero-order valence-corrected chi connectivity index (χ0v) is 17.2. The minimum Gasteiger partial charge on any atom is -0.490 e. The Kier molecular flexibility index (Phi) is 8.10. The van der Waals surface area contributed by atoms with E-state index in [9.17, 15) is 8.78 Å². The van der Waals surface area contributed by atoms with Crippen LogP contribution in [0.4, 0.5) is 8.78 Å². The highest BCUT2D eigenvalue weighted by Gasteiger charge is 2.28. The first-order valence-electron chi connectivity index (χ1n) is 11.0. The van der Waals surface area contributed by atoms with E-state index in [4.69, 9.17) is 14.2 Å². The van der Waals surface area contributed by atoms with Gasteiger partial charge in [0.05, 0.1) is 19.8 Å². The lowest BCUT2D eigenvalue weighted by Crippen LogP contribution is -2.30. The Morgan fingerprint density at radius 3 is 2.36 bits per heavy atom. The molecule has 2 unspecified atom stereocenters. The summed E-state index contributed by atoms with van der Waals surface area (Å²) >= 11 is 0. The second kappa shape index (κ2) is 10.5. The minimum atomic E-state index is -0.896. The van der Waals surface area contributed by atoms with Crippen LogP contribution < -0.4 is 4.74 Å². The van der Waals surface area contributed by atoms with E-state index < -0.39 is 11.6 Å². The zero-order chi connectivity index (χ0) is 19.9. The van der Waals surface area contributed by atoms with Gasteiger partial charge in [0.15, 0.2) is 17.9 Å². The quantitative estimate of drug-likeness (QED) is 0.523. The van der Waals surface area contributed by atoms with E-state index in [0.29, 0.717) is 31.1 Å². The maximum atomic E-state index is 14.5. The molecule has 2 atom stereocenters. The van der Waals surface area contributed by atoms with Crippen molar-refractivity contribution in [3.8, 4) is 5.75 Å². The summed E-state index contributed by atoms with van der Waals surface area (Å²) in [5.41, 5.74) is 0.373. The van der Waals surface area contributed by atoms with Crippen LogP contribution in [0.25, 0.3) is 0 Å². The molecule has 1 aromatic carbocycles. The molecule has 3 rings (SSSR count). The van der Waals surface area contributed by atoms with Crippen molar-refractivity contribution in [2.75, 3.05) is 19.8 Å². The average molecular weight is 397 g/mol. The molecule has 1 saturated carbocycles. The summed E-state index contributed by atoms with van der Waals surface area (Å²) in [5.74, 6) is -0.349. The van der Waals surface area contributed by atoms with Gasteiger partial charge < -0.3 is 14.2 Å². The van der Waals surface area contributed by atoms with Gasteiger partial charge in [-0.1, -0.05) is 39.2 Å². The van der Waals surface area contributed by atoms with E-state index in [1.807, 2.05) is 6.92 Å². The van der Waals surface area contributed by atoms with Crippen molar-refractivity contribution < 1.29 is 23.0 Å². The standard InChI is InChI=1S/C23H34F2O3/c1-3-13-26-20-11-10-19(22(24)23(20)25)18-9-12-21(28-15-18)27-14-17-7-5-16(4-2)6-8-17/h10-11,16-18,21H,3-9,12-15H2,1-2H3. The van der Waals surface area contributed by atoms with Crippen LogP contribution in [0.1, 0.15) is 76.7 Å². The van der Waals surface area contributed by atoms with Crippen molar-refractivity contribution >= 4 is 0 Å². The molecule has 1 aromatic rings. The summed E-state index contributed by atoms with van der Waals surface area (Å²) in [5, 5.41) is 0. The summed E-state index contributed by atoms with van der Waals surface area (Å²) in [7, 11) is 0. The molecule has 1 aliphatic heterocycles. The first kappa shape index (κ1) is 21.5. The fraction of sp³-hybridized carbons (Fsp3) is 0.739. The van der Waals surface area contributed by atoms with Crippen LogP contribution in [0.3, 0.4) is 0 Å². The third-order valence-electron chi connectivity index (χ3n) is 6.27. The summed E-state index contributed by atoms with van der Waals surface area (Å²) in [6.07, 6.45) is 8.35. The van der Waals surface area contributed by atoms with E-state index >= 15 is 0 Å². The van der Waals surface area contributed by atoms with Gasteiger partial charge in [0, 0.05) is 5.92 Å². The lowest BCUT2D eigenvalue weighted by molar-refractivity contribution is -0.175. The Bertz CT molecular complexity index is 606. The summed E-state index contributed by atoms with van der Waals surface area (Å²) in [4.78, 5) is 0. The van der Waals surface area contributed by atoms with Gasteiger partial charge in [-0.15, -0.1) is 0 Å². The van der Waals surface area contributed by atoms with Crippen molar-refractivity contribution in [1.29, 1.82) is 0 Å². The van der Waals surface area contributed by atoms with Gasteiger partial charge in [-0.3, -0.25) is 0 Å². The van der Waals surface area contributed by atoms with Crippen LogP contribution in [0, 0.1) is 23.5 Å². The Morgan fingerprint density at radius 1 is 0.964 bits per heavy atom. The normalized spacial score (nSPS) is 28.3. The van der Waals surface area contributed by atoms with Gasteiger partial charge in [0.2, 0.25) is 5.82 Å². The highest BCUT2D eigenvalue weighted by atomic mass is 19.2. The highest BCUT2D eigenvalue weighted by molar-refractivity contribution is 5.33. The molecule has 2 fully saturated rings. The van der Waals surface area contributed by atoms with Crippen LogP contribution >= 0.6 is 0 Å². The monoisotopic (exact) mass is 396 g/mol. The first-order chi connectivity index (χ1) is 13.6. The summed E-state index contributed by atoms with van der Waals surface area (Å²) in [6.45, 7) is 5.68. The van der Waals surface area contributed by atoms with Crippen molar-refractivity contribution in [3.63, 3.8) is 0 Å². The number of benzene rings is 1. The van der Waals surface area contributed by atoms with Gasteiger partial charge in [0.25, 0.3) is 0 Å². The Hall–Kier alpha value is -1.20. The van der Waals surface area contributed by atoms with E-state index in [2.05, 4.69) is 6.92 Å². The second-order valence-electron chi connectivity index (χ2n) is 8.29. The number of hydrogen-bond donors (Lipinski definition) is 0. The summed E-state index contributed by atoms with van der Waals surface area (Å²) < 4.78 is 45.8. The average Bonchev–Trinajstić information content (AvgIpc) is 2.74. The van der Waals surface area contributed by atoms with Gasteiger partial charge in [0.1, 0.15) is 0 Å². The predicted molar refractivity (Wildman–Crippen MR) is 106 cm³/mol. The third kappa shape index (κ3) is 5.44. The fourth-order valence-corrected chi connectivity index (χ4v) is 4.34. The van der Waals surface area contributed by atoms with Crippen LogP contribution in [0.5, 0.6) is 5.75 Å². The second-order valence-corrected chi connectivity index (χ2v) is 8.29. The van der Waals surface area contributed by atoms with Crippen LogP contribution in [0.15, 0.2) is 12.1 Å². The molecule has 5 heteroatoms. The Balaban J connectivity index is 1.45. The van der Waals surface area contributed by atoms with Gasteiger partial charge in [-0.2, -0.15) is 4.39 Å². The molecule has 158 valence electrons. The number of ether oxygens (including phenoxy) is 3. The fourth-order valence-electron chi connectivity index (χ4n) is 4.34. The predicted octanol–water partition coefficient (Wildman–Crippen LogP) is 6.21. The molecule has 0 N–H and O–H groups in total. The number of halogens is 2. The topological polar surface area (TPSA) is 27.7 Å². The van der Waals surface area contributed by atoms with E-state index in [0.717, 1.165) is 25.4 Å². The minimum absolute atomic E-state index is 0.0150. The van der Waals surface area contributed by atoms with Crippen molar-refractivity contribution in [2.45, 2.75) is 77.4 Å². The molecule has 2 aliphatic rings. The van der Waals surface area contributed by atoms with Gasteiger partial charge in [-0.05, 0) is 55.6 Å². The molecule has 1 saturated heterocycles. The molecular weight excluding hydrogens is 362 g/mol. The molecule has 1 heterocycles. The maximum absolute atomic E-state index is 14.5. The van der Waals surface area contributed by atoms with Gasteiger partial charge >= 0.3 is 0 Å². The molecular formula is C23H34F2O3. The Morgan fingerprint density at radius 2 is 1.71 bits per heavy atom. The summed E-state index contributed by atoms with van der Waals surface area (Å²) in [6, 6.07) is 3.16. The molecule has 1 aliphatic carbocycles. The molecule has 0 spiro atoms. The molecule has 3 nitrogen and oxygen atoms in total. The van der Waals surface area contributed by atoms with E-state index in [1.54, 1.807) is 6.07 Å². The molecule has 0 amide bonds. The molecule has 0 aromatic heterocycles. The largest absolute Gasteiger partial charge is 0.490 e. The maximum Gasteiger partial charge on any atom is 0.200 e.